The second kappa shape index (κ2) is 9.65. The fourth-order valence-electron chi connectivity index (χ4n) is 3.39. The van der Waals surface area contributed by atoms with Crippen molar-refractivity contribution in [2.45, 2.75) is 40.0 Å². The van der Waals surface area contributed by atoms with E-state index in [-0.39, 0.29) is 17.3 Å². The Morgan fingerprint density at radius 1 is 1.17 bits per heavy atom. The topological polar surface area (TPSA) is 59.5 Å². The Kier molecular flexibility index (Phi) is 7.19. The quantitative estimate of drug-likeness (QED) is 0.577. The van der Waals surface area contributed by atoms with E-state index in [1.165, 1.54) is 0 Å². The lowest BCUT2D eigenvalue weighted by Crippen LogP contribution is -2.32. The van der Waals surface area contributed by atoms with Gasteiger partial charge in [-0.1, -0.05) is 39.8 Å². The molecule has 0 spiro atoms. The Hall–Kier alpha value is -2.34. The minimum absolute atomic E-state index is 0.0687. The summed E-state index contributed by atoms with van der Waals surface area (Å²) in [4.78, 5) is 31.3. The van der Waals surface area contributed by atoms with E-state index in [9.17, 15) is 9.59 Å². The molecule has 1 aromatic heterocycles. The standard InChI is InChI=1S/C24H30N2O3S/c1-15(2)12-26-22(27)14-30-23(26)21-11-19(8-9-25-21)18-7-6-17(5)20(10-18)24(28)29-13-16(3)4/h6-11,15-16,23H,12-14H2,1-5H3. The number of aromatic nitrogens is 1. The van der Waals surface area contributed by atoms with E-state index in [0.29, 0.717) is 29.8 Å². The van der Waals surface area contributed by atoms with E-state index in [2.05, 4.69) is 18.8 Å². The first-order valence-corrected chi connectivity index (χ1v) is 11.5. The van der Waals surface area contributed by atoms with Gasteiger partial charge in [0.2, 0.25) is 5.91 Å². The lowest BCUT2D eigenvalue weighted by molar-refractivity contribution is -0.128. The molecule has 2 aromatic rings. The van der Waals surface area contributed by atoms with Crippen LogP contribution in [0.15, 0.2) is 36.5 Å². The molecule has 0 bridgehead atoms. The van der Waals surface area contributed by atoms with Gasteiger partial charge in [-0.2, -0.15) is 0 Å². The number of thioether (sulfide) groups is 1. The number of hydrogen-bond donors (Lipinski definition) is 0. The van der Waals surface area contributed by atoms with Crippen LogP contribution in [-0.2, 0) is 9.53 Å². The lowest BCUT2D eigenvalue weighted by Gasteiger charge is -2.25. The number of aryl methyl sites for hydroxylation is 1. The normalized spacial score (nSPS) is 16.6. The highest BCUT2D eigenvalue weighted by molar-refractivity contribution is 8.00. The van der Waals surface area contributed by atoms with Gasteiger partial charge in [-0.3, -0.25) is 9.78 Å². The average molecular weight is 427 g/mol. The maximum atomic E-state index is 12.5. The van der Waals surface area contributed by atoms with Gasteiger partial charge in [0.15, 0.2) is 0 Å². The van der Waals surface area contributed by atoms with Crippen molar-refractivity contribution in [3.05, 3.63) is 53.3 Å². The first-order valence-electron chi connectivity index (χ1n) is 10.4. The fourth-order valence-corrected chi connectivity index (χ4v) is 4.54. The van der Waals surface area contributed by atoms with Gasteiger partial charge >= 0.3 is 5.97 Å². The van der Waals surface area contributed by atoms with Gasteiger partial charge in [0.25, 0.3) is 0 Å². The molecule has 6 heteroatoms. The van der Waals surface area contributed by atoms with Crippen molar-refractivity contribution in [1.29, 1.82) is 0 Å². The summed E-state index contributed by atoms with van der Waals surface area (Å²) in [5.41, 5.74) is 4.25. The summed E-state index contributed by atoms with van der Waals surface area (Å²) in [6.07, 6.45) is 1.78. The van der Waals surface area contributed by atoms with Crippen LogP contribution < -0.4 is 0 Å². The van der Waals surface area contributed by atoms with Crippen molar-refractivity contribution >= 4 is 23.6 Å². The van der Waals surface area contributed by atoms with Crippen LogP contribution in [0.25, 0.3) is 11.1 Å². The van der Waals surface area contributed by atoms with Crippen LogP contribution in [0.3, 0.4) is 0 Å². The van der Waals surface area contributed by atoms with Gasteiger partial charge in [-0.15, -0.1) is 11.8 Å². The van der Waals surface area contributed by atoms with E-state index in [4.69, 9.17) is 4.74 Å². The van der Waals surface area contributed by atoms with Gasteiger partial charge in [-0.25, -0.2) is 4.79 Å². The number of benzene rings is 1. The number of pyridine rings is 1. The Morgan fingerprint density at radius 2 is 1.90 bits per heavy atom. The smallest absolute Gasteiger partial charge is 0.338 e. The SMILES string of the molecule is Cc1ccc(-c2ccnc(C3SCC(=O)N3CC(C)C)c2)cc1C(=O)OCC(C)C. The van der Waals surface area contributed by atoms with Crippen LogP contribution in [0.4, 0.5) is 0 Å². The molecule has 0 saturated carbocycles. The number of nitrogens with zero attached hydrogens (tertiary/aromatic N) is 2. The van der Waals surface area contributed by atoms with Crippen molar-refractivity contribution in [2.24, 2.45) is 11.8 Å². The van der Waals surface area contributed by atoms with Crippen molar-refractivity contribution in [2.75, 3.05) is 18.9 Å². The van der Waals surface area contributed by atoms with Crippen LogP contribution in [0.2, 0.25) is 0 Å². The van der Waals surface area contributed by atoms with Gasteiger partial charge in [0.05, 0.1) is 23.6 Å². The van der Waals surface area contributed by atoms with Crippen LogP contribution in [0.1, 0.15) is 54.7 Å². The summed E-state index contributed by atoms with van der Waals surface area (Å²) >= 11 is 1.62. The van der Waals surface area contributed by atoms with Crippen molar-refractivity contribution in [3.8, 4) is 11.1 Å². The summed E-state index contributed by atoms with van der Waals surface area (Å²) < 4.78 is 5.43. The number of carbonyl (C=O) groups excluding carboxylic acids is 2. The Bertz CT molecular complexity index is 926. The molecule has 1 aliphatic heterocycles. The molecule has 1 atom stereocenters. The van der Waals surface area contributed by atoms with Gasteiger partial charge in [0, 0.05) is 12.7 Å². The third-order valence-electron chi connectivity index (χ3n) is 4.90. The Labute approximate surface area is 183 Å². The third-order valence-corrected chi connectivity index (χ3v) is 6.13. The molecule has 1 unspecified atom stereocenters. The molecule has 1 fully saturated rings. The van der Waals surface area contributed by atoms with Crippen LogP contribution in [0, 0.1) is 18.8 Å². The minimum Gasteiger partial charge on any atom is -0.462 e. The largest absolute Gasteiger partial charge is 0.462 e. The van der Waals surface area contributed by atoms with Gasteiger partial charge < -0.3 is 9.64 Å². The molecule has 3 rings (SSSR count). The maximum Gasteiger partial charge on any atom is 0.338 e. The molecule has 0 aliphatic carbocycles. The van der Waals surface area contributed by atoms with Crippen LogP contribution in [-0.4, -0.2) is 40.7 Å². The first kappa shape index (κ1) is 22.3. The number of carbonyl (C=O) groups is 2. The highest BCUT2D eigenvalue weighted by atomic mass is 32.2. The molecule has 1 amide bonds. The zero-order valence-electron chi connectivity index (χ0n) is 18.3. The molecular weight excluding hydrogens is 396 g/mol. The Balaban J connectivity index is 1.88. The second-order valence-corrected chi connectivity index (χ2v) is 9.66. The molecule has 30 heavy (non-hydrogen) atoms. The summed E-state index contributed by atoms with van der Waals surface area (Å²) in [6.45, 7) is 11.3. The average Bonchev–Trinajstić information content (AvgIpc) is 3.06. The summed E-state index contributed by atoms with van der Waals surface area (Å²) in [6, 6.07) is 9.80. The number of ether oxygens (including phenoxy) is 1. The van der Waals surface area contributed by atoms with Gasteiger partial charge in [0.1, 0.15) is 5.37 Å². The number of esters is 1. The van der Waals surface area contributed by atoms with Crippen molar-refractivity contribution < 1.29 is 14.3 Å². The van der Waals surface area contributed by atoms with Crippen molar-refractivity contribution in [3.63, 3.8) is 0 Å². The predicted molar refractivity (Wildman–Crippen MR) is 121 cm³/mol. The first-order chi connectivity index (χ1) is 14.3. The van der Waals surface area contributed by atoms with Crippen molar-refractivity contribution in [1.82, 2.24) is 9.88 Å². The molecule has 160 valence electrons. The molecule has 0 radical (unpaired) electrons. The number of rotatable bonds is 7. The van der Waals surface area contributed by atoms with E-state index in [1.54, 1.807) is 18.0 Å². The highest BCUT2D eigenvalue weighted by Gasteiger charge is 2.34. The molecule has 1 aliphatic rings. The summed E-state index contributed by atoms with van der Waals surface area (Å²) in [7, 11) is 0. The van der Waals surface area contributed by atoms with E-state index < -0.39 is 0 Å². The zero-order valence-corrected chi connectivity index (χ0v) is 19.2. The molecular formula is C24H30N2O3S. The molecule has 1 aromatic carbocycles. The predicted octanol–water partition coefficient (Wildman–Crippen LogP) is 5.10. The highest BCUT2D eigenvalue weighted by Crippen LogP contribution is 2.39. The molecule has 2 heterocycles. The molecule has 1 saturated heterocycles. The van der Waals surface area contributed by atoms with Gasteiger partial charge in [-0.05, 0) is 53.6 Å². The number of hydrogen-bond acceptors (Lipinski definition) is 5. The lowest BCUT2D eigenvalue weighted by atomic mass is 9.99. The number of amides is 1. The van der Waals surface area contributed by atoms with E-state index >= 15 is 0 Å². The minimum atomic E-state index is -0.294. The fraction of sp³-hybridized carbons (Fsp3) is 0.458. The monoisotopic (exact) mass is 426 g/mol. The zero-order chi connectivity index (χ0) is 21.8. The second-order valence-electron chi connectivity index (χ2n) is 8.59. The van der Waals surface area contributed by atoms with E-state index in [1.807, 2.05) is 56.0 Å². The van der Waals surface area contributed by atoms with E-state index in [0.717, 1.165) is 28.9 Å². The molecule has 5 nitrogen and oxygen atoms in total. The summed E-state index contributed by atoms with van der Waals surface area (Å²) in [5, 5.41) is -0.0687. The Morgan fingerprint density at radius 3 is 2.60 bits per heavy atom. The maximum absolute atomic E-state index is 12.5. The summed E-state index contributed by atoms with van der Waals surface area (Å²) in [5.74, 6) is 1.05. The van der Waals surface area contributed by atoms with Crippen LogP contribution in [0.5, 0.6) is 0 Å². The third kappa shape index (κ3) is 5.22. The molecule has 0 N–H and O–H groups in total. The van der Waals surface area contributed by atoms with Crippen LogP contribution >= 0.6 is 11.8 Å².